The topological polar surface area (TPSA) is 0 Å². The molecule has 1 aliphatic carbocycles. The lowest BCUT2D eigenvalue weighted by atomic mass is 9.67. The van der Waals surface area contributed by atoms with E-state index in [1.165, 1.54) is 12.1 Å². The van der Waals surface area contributed by atoms with Crippen LogP contribution in [0.25, 0.3) is 11.1 Å². The van der Waals surface area contributed by atoms with E-state index < -0.39 is 28.9 Å². The molecule has 0 atom stereocenters. The van der Waals surface area contributed by atoms with E-state index in [4.69, 9.17) is 0 Å². The van der Waals surface area contributed by atoms with E-state index in [1.807, 2.05) is 55.5 Å². The van der Waals surface area contributed by atoms with Crippen molar-refractivity contribution in [3.05, 3.63) is 129 Å². The Morgan fingerprint density at radius 1 is 0.568 bits per heavy atom. The maximum atomic E-state index is 13.7. The van der Waals surface area contributed by atoms with Crippen molar-refractivity contribution in [1.29, 1.82) is 0 Å². The largest absolute Gasteiger partial charge is 0.416 e. The minimum Gasteiger partial charge on any atom is -0.166 e. The SMILES string of the molecule is Cc1ccc(C2(c3ccc(C(C)C)cc3)c3ccc(C(F)(F)F)cc3-c3cc(C(F)(F)F)ccc32)cc1. The molecule has 0 aromatic heterocycles. The van der Waals surface area contributed by atoms with Crippen molar-refractivity contribution in [1.82, 2.24) is 0 Å². The van der Waals surface area contributed by atoms with Crippen LogP contribution in [0.1, 0.15) is 64.3 Å². The Morgan fingerprint density at radius 3 is 1.35 bits per heavy atom. The second-order valence-corrected chi connectivity index (χ2v) is 9.91. The third-order valence-corrected chi connectivity index (χ3v) is 7.29. The van der Waals surface area contributed by atoms with Gasteiger partial charge >= 0.3 is 12.4 Å². The predicted octanol–water partition coefficient (Wildman–Crippen LogP) is 9.52. The molecule has 0 N–H and O–H groups in total. The van der Waals surface area contributed by atoms with E-state index in [1.54, 1.807) is 0 Å². The molecule has 5 rings (SSSR count). The average molecular weight is 511 g/mol. The summed E-state index contributed by atoms with van der Waals surface area (Å²) >= 11 is 0. The highest BCUT2D eigenvalue weighted by Crippen LogP contribution is 2.57. The van der Waals surface area contributed by atoms with Crippen molar-refractivity contribution in [2.45, 2.75) is 44.5 Å². The number of benzene rings is 4. The lowest BCUT2D eigenvalue weighted by molar-refractivity contribution is -0.138. The van der Waals surface area contributed by atoms with Crippen LogP contribution in [0, 0.1) is 6.92 Å². The average Bonchev–Trinajstić information content (AvgIpc) is 3.13. The zero-order valence-corrected chi connectivity index (χ0v) is 20.4. The van der Waals surface area contributed by atoms with Crippen molar-refractivity contribution in [2.24, 2.45) is 0 Å². The van der Waals surface area contributed by atoms with Crippen LogP contribution < -0.4 is 0 Å². The van der Waals surface area contributed by atoms with E-state index in [0.29, 0.717) is 11.1 Å². The van der Waals surface area contributed by atoms with Crippen LogP contribution in [0.3, 0.4) is 0 Å². The predicted molar refractivity (Wildman–Crippen MR) is 133 cm³/mol. The van der Waals surface area contributed by atoms with Gasteiger partial charge in [0.1, 0.15) is 0 Å². The van der Waals surface area contributed by atoms with Gasteiger partial charge in [-0.25, -0.2) is 0 Å². The maximum absolute atomic E-state index is 13.7. The van der Waals surface area contributed by atoms with Crippen LogP contribution in [0.2, 0.25) is 0 Å². The second-order valence-electron chi connectivity index (χ2n) is 9.91. The summed E-state index contributed by atoms with van der Waals surface area (Å²) in [5, 5.41) is 0. The maximum Gasteiger partial charge on any atom is 0.416 e. The fourth-order valence-electron chi connectivity index (χ4n) is 5.40. The van der Waals surface area contributed by atoms with E-state index in [-0.39, 0.29) is 17.0 Å². The lowest BCUT2D eigenvalue weighted by Gasteiger charge is -2.34. The third-order valence-electron chi connectivity index (χ3n) is 7.29. The van der Waals surface area contributed by atoms with Crippen LogP contribution in [0.5, 0.6) is 0 Å². The highest BCUT2D eigenvalue weighted by Gasteiger charge is 2.48. The molecule has 0 aliphatic heterocycles. The number of hydrogen-bond donors (Lipinski definition) is 0. The first kappa shape index (κ1) is 25.1. The number of halogens is 6. The second kappa shape index (κ2) is 8.51. The minimum atomic E-state index is -4.63. The molecule has 0 bridgehead atoms. The van der Waals surface area contributed by atoms with Crippen LogP contribution in [0.15, 0.2) is 84.9 Å². The zero-order chi connectivity index (χ0) is 26.8. The van der Waals surface area contributed by atoms with Gasteiger partial charge in [0.15, 0.2) is 0 Å². The van der Waals surface area contributed by atoms with E-state index in [0.717, 1.165) is 46.5 Å². The molecule has 0 spiro atoms. The van der Waals surface area contributed by atoms with E-state index in [2.05, 4.69) is 13.8 Å². The summed E-state index contributed by atoms with van der Waals surface area (Å²) in [6.07, 6.45) is -9.27. The van der Waals surface area contributed by atoms with Gasteiger partial charge in [-0.1, -0.05) is 80.1 Å². The molecule has 6 heteroatoms. The molecule has 190 valence electrons. The quantitative estimate of drug-likeness (QED) is 0.212. The van der Waals surface area contributed by atoms with Crippen LogP contribution in [-0.2, 0) is 17.8 Å². The number of hydrogen-bond acceptors (Lipinski definition) is 0. The molecular weight excluding hydrogens is 486 g/mol. The van der Waals surface area contributed by atoms with Crippen molar-refractivity contribution >= 4 is 0 Å². The van der Waals surface area contributed by atoms with Crippen molar-refractivity contribution in [2.75, 3.05) is 0 Å². The highest BCUT2D eigenvalue weighted by molar-refractivity contribution is 5.87. The Morgan fingerprint density at radius 2 is 0.973 bits per heavy atom. The molecule has 4 aromatic carbocycles. The Balaban J connectivity index is 1.91. The monoisotopic (exact) mass is 510 g/mol. The summed E-state index contributed by atoms with van der Waals surface area (Å²) in [7, 11) is 0. The van der Waals surface area contributed by atoms with Crippen LogP contribution in [0.4, 0.5) is 26.3 Å². The molecule has 0 unspecified atom stereocenters. The Kier molecular flexibility index (Phi) is 5.78. The fourth-order valence-corrected chi connectivity index (χ4v) is 5.40. The summed E-state index contributed by atoms with van der Waals surface area (Å²) in [6, 6.07) is 22.3. The van der Waals surface area contributed by atoms with Crippen LogP contribution in [-0.4, -0.2) is 0 Å². The van der Waals surface area contributed by atoms with Gasteiger partial charge in [0.05, 0.1) is 16.5 Å². The molecule has 0 heterocycles. The number of aryl methyl sites for hydroxylation is 1. The number of rotatable bonds is 3. The summed E-state index contributed by atoms with van der Waals surface area (Å²) in [4.78, 5) is 0. The van der Waals surface area contributed by atoms with Crippen molar-refractivity contribution in [3.63, 3.8) is 0 Å². The molecule has 0 fully saturated rings. The fraction of sp³-hybridized carbons (Fsp3) is 0.226. The first-order valence-electron chi connectivity index (χ1n) is 11.9. The van der Waals surface area contributed by atoms with Gasteiger partial charge in [-0.3, -0.25) is 0 Å². The molecule has 0 saturated carbocycles. The van der Waals surface area contributed by atoms with Gasteiger partial charge in [-0.15, -0.1) is 0 Å². The molecule has 0 amide bonds. The summed E-state index contributed by atoms with van der Waals surface area (Å²) in [5.41, 5.74) is 2.11. The van der Waals surface area contributed by atoms with Crippen molar-refractivity contribution < 1.29 is 26.3 Å². The van der Waals surface area contributed by atoms with Crippen LogP contribution >= 0.6 is 0 Å². The lowest BCUT2D eigenvalue weighted by Crippen LogP contribution is -2.29. The van der Waals surface area contributed by atoms with Gasteiger partial charge in [-0.05, 0) is 76.1 Å². The number of fused-ring (bicyclic) bond motifs is 3. The molecule has 0 nitrogen and oxygen atoms in total. The van der Waals surface area contributed by atoms with E-state index >= 15 is 0 Å². The highest BCUT2D eigenvalue weighted by atomic mass is 19.4. The molecule has 4 aromatic rings. The number of alkyl halides is 6. The molecule has 37 heavy (non-hydrogen) atoms. The molecule has 1 aliphatic rings. The van der Waals surface area contributed by atoms with Gasteiger partial charge in [-0.2, -0.15) is 26.3 Å². The molecule has 0 radical (unpaired) electrons. The minimum absolute atomic E-state index is 0.157. The Labute approximate surface area is 211 Å². The Bertz CT molecular complexity index is 1390. The van der Waals surface area contributed by atoms with Gasteiger partial charge in [0.2, 0.25) is 0 Å². The smallest absolute Gasteiger partial charge is 0.166 e. The molecular formula is C31H24F6. The first-order chi connectivity index (χ1) is 17.3. The first-order valence-corrected chi connectivity index (χ1v) is 11.9. The summed E-state index contributed by atoms with van der Waals surface area (Å²) in [5.74, 6) is 0.260. The standard InChI is InChI=1S/C31H24F6/c1-18(2)20-6-10-22(11-7-20)29(21-8-4-19(3)5-9-21)27-14-12-23(30(32,33)34)16-25(27)26-17-24(31(35,36)37)13-15-28(26)29/h4-18H,1-3H3. The summed E-state index contributed by atoms with van der Waals surface area (Å²) in [6.45, 7) is 6.04. The molecule has 0 saturated heterocycles. The summed E-state index contributed by atoms with van der Waals surface area (Å²) < 4.78 is 82.3. The normalized spacial score (nSPS) is 14.5. The van der Waals surface area contributed by atoms with Crippen molar-refractivity contribution in [3.8, 4) is 11.1 Å². The van der Waals surface area contributed by atoms with Gasteiger partial charge in [0, 0.05) is 0 Å². The Hall–Kier alpha value is -3.54. The van der Waals surface area contributed by atoms with Gasteiger partial charge in [0.25, 0.3) is 0 Å². The van der Waals surface area contributed by atoms with Gasteiger partial charge < -0.3 is 0 Å². The van der Waals surface area contributed by atoms with E-state index in [9.17, 15) is 26.3 Å². The third kappa shape index (κ3) is 4.03. The zero-order valence-electron chi connectivity index (χ0n) is 20.4.